The first-order valence-electron chi connectivity index (χ1n) is 3.90. The molecule has 8 nitrogen and oxygen atoms in total. The van der Waals surface area contributed by atoms with Crippen LogP contribution in [-0.2, 0) is 0 Å². The number of H-pyrrole nitrogens is 1. The fourth-order valence-electron chi connectivity index (χ4n) is 1.06. The van der Waals surface area contributed by atoms with Crippen LogP contribution in [0.2, 0.25) is 0 Å². The van der Waals surface area contributed by atoms with E-state index in [1.54, 1.807) is 6.07 Å². The minimum absolute atomic E-state index is 0.0937. The second-order valence-corrected chi connectivity index (χ2v) is 2.66. The summed E-state index contributed by atoms with van der Waals surface area (Å²) in [5.41, 5.74) is 0.249. The topological polar surface area (TPSA) is 106 Å². The summed E-state index contributed by atoms with van der Waals surface area (Å²) in [4.78, 5) is 21.6. The molecule has 1 aromatic carbocycles. The van der Waals surface area contributed by atoms with Gasteiger partial charge in [0.05, 0.1) is 15.8 Å². The Kier molecular flexibility index (Phi) is 2.01. The van der Waals surface area contributed by atoms with Gasteiger partial charge in [0.2, 0.25) is 5.27 Å². The number of nitro benzene ring substituents is 1. The Morgan fingerprint density at radius 2 is 2.33 bits per heavy atom. The van der Waals surface area contributed by atoms with Gasteiger partial charge in [-0.15, -0.1) is 0 Å². The summed E-state index contributed by atoms with van der Waals surface area (Å²) < 4.78 is 4.25. The van der Waals surface area contributed by atoms with E-state index < -0.39 is 10.7 Å². The van der Waals surface area contributed by atoms with Crippen molar-refractivity contribution < 1.29 is 14.2 Å². The molecule has 0 saturated heterocycles. The molecule has 8 heteroatoms. The molecule has 0 aliphatic carbocycles. The summed E-state index contributed by atoms with van der Waals surface area (Å²) in [5.74, 6) is -0.735. The zero-order chi connectivity index (χ0) is 10.8. The quantitative estimate of drug-likeness (QED) is 0.409. The van der Waals surface area contributed by atoms with Gasteiger partial charge in [0.15, 0.2) is 0 Å². The number of hydrogen-bond acceptors (Lipinski definition) is 5. The summed E-state index contributed by atoms with van der Waals surface area (Å²) >= 11 is 0. The van der Waals surface area contributed by atoms with Crippen molar-refractivity contribution in [2.45, 2.75) is 0 Å². The second-order valence-electron chi connectivity index (χ2n) is 2.66. The summed E-state index contributed by atoms with van der Waals surface area (Å²) in [6.45, 7) is 0. The van der Waals surface area contributed by atoms with E-state index in [1.807, 2.05) is 0 Å². The molecule has 0 atom stereocenters. The molecule has 0 radical (unpaired) electrons. The molecule has 0 bridgehead atoms. The lowest BCUT2D eigenvalue weighted by atomic mass is 10.3. The third-order valence-corrected chi connectivity index (χ3v) is 1.69. The number of hydrogen-bond donors (Lipinski definition) is 1. The van der Waals surface area contributed by atoms with E-state index in [0.717, 1.165) is 4.80 Å². The maximum absolute atomic E-state index is 10.6. The molecule has 1 heterocycles. The molecule has 0 amide bonds. The highest BCUT2D eigenvalue weighted by molar-refractivity contribution is 5.37. The van der Waals surface area contributed by atoms with E-state index in [2.05, 4.69) is 14.9 Å². The van der Waals surface area contributed by atoms with E-state index >= 15 is 0 Å². The highest BCUT2D eigenvalue weighted by Gasteiger charge is 2.16. The number of rotatable bonds is 2. The highest BCUT2D eigenvalue weighted by atomic mass is 16.6. The standard InChI is InChI=1S/C7H4N4O4/c12-7-8-10(9-15-7)5-2-1-3-6(4-5)11(13)14/h1-4H/p+1. The van der Waals surface area contributed by atoms with Crippen LogP contribution < -0.4 is 10.6 Å². The Hall–Kier alpha value is -2.51. The minimum atomic E-state index is -0.735. The normalized spacial score (nSPS) is 10.1. The van der Waals surface area contributed by atoms with E-state index in [1.165, 1.54) is 18.2 Å². The predicted octanol–water partition coefficient (Wildman–Crippen LogP) is -0.452. The first-order valence-corrected chi connectivity index (χ1v) is 3.90. The van der Waals surface area contributed by atoms with Gasteiger partial charge in [0.25, 0.3) is 11.4 Å². The smallest absolute Gasteiger partial charge is 0.258 e. The SMILES string of the molecule is O=c1[nH][n+](-c2cccc([N+](=O)[O-])c2)no1. The van der Waals surface area contributed by atoms with Crippen LogP contribution in [0.15, 0.2) is 33.6 Å². The van der Waals surface area contributed by atoms with Gasteiger partial charge in [-0.1, -0.05) is 5.10 Å². The molecular weight excluding hydrogens is 204 g/mol. The third kappa shape index (κ3) is 1.73. The number of nitrogens with one attached hydrogen (secondary N) is 1. The van der Waals surface area contributed by atoms with Gasteiger partial charge in [-0.05, 0) is 6.07 Å². The van der Waals surface area contributed by atoms with Crippen LogP contribution in [-0.4, -0.2) is 15.3 Å². The lowest BCUT2D eigenvalue weighted by molar-refractivity contribution is -0.725. The number of benzene rings is 1. The molecule has 76 valence electrons. The van der Waals surface area contributed by atoms with Crippen molar-refractivity contribution in [3.05, 3.63) is 44.9 Å². The van der Waals surface area contributed by atoms with Crippen LogP contribution in [0.1, 0.15) is 0 Å². The minimum Gasteiger partial charge on any atom is -0.258 e. The van der Waals surface area contributed by atoms with Gasteiger partial charge in [-0.25, -0.2) is 9.32 Å². The summed E-state index contributed by atoms with van der Waals surface area (Å²) in [7, 11) is 0. The molecule has 2 aromatic rings. The number of nitrogens with zero attached hydrogens (tertiary/aromatic N) is 3. The number of aromatic nitrogens is 3. The summed E-state index contributed by atoms with van der Waals surface area (Å²) in [5, 5.41) is 16.0. The average molecular weight is 209 g/mol. The van der Waals surface area contributed by atoms with Gasteiger partial charge in [0, 0.05) is 12.1 Å². The molecule has 0 aliphatic rings. The molecular formula is C7H5N4O4+. The van der Waals surface area contributed by atoms with E-state index in [-0.39, 0.29) is 5.69 Å². The molecule has 0 saturated carbocycles. The van der Waals surface area contributed by atoms with Crippen LogP contribution in [0.4, 0.5) is 5.69 Å². The van der Waals surface area contributed by atoms with E-state index in [0.29, 0.717) is 5.69 Å². The number of non-ortho nitro benzene ring substituents is 1. The van der Waals surface area contributed by atoms with Crippen LogP contribution in [0, 0.1) is 10.1 Å². The van der Waals surface area contributed by atoms with Crippen molar-refractivity contribution in [2.24, 2.45) is 0 Å². The number of aromatic amines is 1. The monoisotopic (exact) mass is 209 g/mol. The Balaban J connectivity index is 2.49. The predicted molar refractivity (Wildman–Crippen MR) is 45.3 cm³/mol. The maximum atomic E-state index is 10.6. The van der Waals surface area contributed by atoms with Gasteiger partial charge >= 0.3 is 5.76 Å². The lowest BCUT2D eigenvalue weighted by Crippen LogP contribution is -2.37. The van der Waals surface area contributed by atoms with E-state index in [9.17, 15) is 14.9 Å². The largest absolute Gasteiger partial charge is 0.493 e. The zero-order valence-corrected chi connectivity index (χ0v) is 7.28. The molecule has 2 rings (SSSR count). The summed E-state index contributed by atoms with van der Waals surface area (Å²) in [6.07, 6.45) is 0. The molecule has 15 heavy (non-hydrogen) atoms. The fourth-order valence-corrected chi connectivity index (χ4v) is 1.06. The van der Waals surface area contributed by atoms with Gasteiger partial charge in [-0.2, -0.15) is 0 Å². The molecule has 0 aliphatic heterocycles. The maximum Gasteiger partial charge on any atom is 0.493 e. The van der Waals surface area contributed by atoms with Crippen LogP contribution in [0.25, 0.3) is 5.69 Å². The lowest BCUT2D eigenvalue weighted by Gasteiger charge is -1.88. The summed E-state index contributed by atoms with van der Waals surface area (Å²) in [6, 6.07) is 5.62. The molecule has 0 fully saturated rings. The van der Waals surface area contributed by atoms with Crippen molar-refractivity contribution >= 4 is 5.69 Å². The van der Waals surface area contributed by atoms with Crippen molar-refractivity contribution in [3.63, 3.8) is 0 Å². The Labute approximate surface area is 81.9 Å². The zero-order valence-electron chi connectivity index (χ0n) is 7.28. The van der Waals surface area contributed by atoms with Crippen molar-refractivity contribution in [1.82, 2.24) is 10.4 Å². The third-order valence-electron chi connectivity index (χ3n) is 1.69. The highest BCUT2D eigenvalue weighted by Crippen LogP contribution is 2.11. The molecule has 0 unspecified atom stereocenters. The Bertz CT molecular complexity index is 558. The molecule has 1 N–H and O–H groups in total. The fraction of sp³-hybridized carbons (Fsp3) is 0. The van der Waals surface area contributed by atoms with Crippen LogP contribution >= 0.6 is 0 Å². The average Bonchev–Trinajstić information content (AvgIpc) is 2.65. The Morgan fingerprint density at radius 1 is 1.53 bits per heavy atom. The second kappa shape index (κ2) is 3.33. The molecule has 0 spiro atoms. The van der Waals surface area contributed by atoms with Gasteiger partial charge < -0.3 is 0 Å². The first-order chi connectivity index (χ1) is 7.16. The van der Waals surface area contributed by atoms with Crippen molar-refractivity contribution in [3.8, 4) is 5.69 Å². The molecule has 1 aromatic heterocycles. The van der Waals surface area contributed by atoms with Crippen LogP contribution in [0.3, 0.4) is 0 Å². The van der Waals surface area contributed by atoms with Crippen LogP contribution in [0.5, 0.6) is 0 Å². The number of nitro groups is 1. The van der Waals surface area contributed by atoms with Crippen molar-refractivity contribution in [1.29, 1.82) is 0 Å². The van der Waals surface area contributed by atoms with Gasteiger partial charge in [0.1, 0.15) is 0 Å². The first kappa shape index (κ1) is 9.06. The van der Waals surface area contributed by atoms with Crippen molar-refractivity contribution in [2.75, 3.05) is 0 Å². The Morgan fingerprint density at radius 3 is 2.93 bits per heavy atom. The van der Waals surface area contributed by atoms with Gasteiger partial charge in [-0.3, -0.25) is 10.1 Å². The van der Waals surface area contributed by atoms with E-state index in [4.69, 9.17) is 0 Å².